The molecule has 0 amide bonds. The largest absolute Gasteiger partial charge is 0.481 e. The zero-order valence-corrected chi connectivity index (χ0v) is 23.3. The van der Waals surface area contributed by atoms with Gasteiger partial charge in [0.1, 0.15) is 6.10 Å². The van der Waals surface area contributed by atoms with E-state index in [-0.39, 0.29) is 62.6 Å². The maximum absolute atomic E-state index is 12.8. The van der Waals surface area contributed by atoms with Gasteiger partial charge in [0.15, 0.2) is 0 Å². The lowest BCUT2D eigenvalue weighted by molar-refractivity contribution is -0.528. The Labute approximate surface area is 238 Å². The maximum atomic E-state index is 12.8. The summed E-state index contributed by atoms with van der Waals surface area (Å²) in [5.74, 6) is -5.43. The molecular weight excluding hydrogens is 542 g/mol. The number of rotatable bonds is 11. The third kappa shape index (κ3) is 8.82. The van der Waals surface area contributed by atoms with Crippen LogP contribution in [0.3, 0.4) is 0 Å². The van der Waals surface area contributed by atoms with Crippen LogP contribution in [-0.2, 0) is 33.6 Å². The van der Waals surface area contributed by atoms with Crippen molar-refractivity contribution in [1.82, 2.24) is 0 Å². The SMILES string of the molecule is O=C(O)C1CC(O)CCC1COOC1CCC(OC2CCC(OC(=O)C3CC([N+](=O)[O-])CCC3C(=O)O)CC2)CC1. The second-order valence-electron chi connectivity index (χ2n) is 12.2. The number of hydrogen-bond acceptors (Lipinski definition) is 10. The zero-order valence-electron chi connectivity index (χ0n) is 23.3. The molecule has 13 heteroatoms. The zero-order chi connectivity index (χ0) is 29.5. The van der Waals surface area contributed by atoms with Crippen molar-refractivity contribution >= 4 is 17.9 Å². The number of aliphatic hydroxyl groups excluding tert-OH is 1. The highest BCUT2D eigenvalue weighted by Gasteiger charge is 2.45. The molecule has 0 radical (unpaired) electrons. The Morgan fingerprint density at radius 3 is 1.88 bits per heavy atom. The topological polar surface area (TPSA) is 192 Å². The first kappa shape index (κ1) is 31.6. The van der Waals surface area contributed by atoms with Crippen LogP contribution in [0.1, 0.15) is 89.9 Å². The highest BCUT2D eigenvalue weighted by atomic mass is 17.2. The van der Waals surface area contributed by atoms with E-state index >= 15 is 0 Å². The van der Waals surface area contributed by atoms with Crippen LogP contribution in [0.15, 0.2) is 0 Å². The average molecular weight is 586 g/mol. The van der Waals surface area contributed by atoms with Gasteiger partial charge in [0.25, 0.3) is 0 Å². The van der Waals surface area contributed by atoms with Crippen molar-refractivity contribution in [3.8, 4) is 0 Å². The van der Waals surface area contributed by atoms with Gasteiger partial charge in [0, 0.05) is 17.8 Å². The van der Waals surface area contributed by atoms with E-state index in [1.54, 1.807) is 0 Å². The van der Waals surface area contributed by atoms with E-state index in [9.17, 15) is 39.8 Å². The number of nitro groups is 1. The molecule has 0 spiro atoms. The van der Waals surface area contributed by atoms with E-state index in [4.69, 9.17) is 19.2 Å². The van der Waals surface area contributed by atoms with Crippen LogP contribution in [-0.4, -0.2) is 81.3 Å². The van der Waals surface area contributed by atoms with Gasteiger partial charge < -0.3 is 24.8 Å². The lowest BCUT2D eigenvalue weighted by atomic mass is 9.77. The molecule has 3 N–H and O–H groups in total. The van der Waals surface area contributed by atoms with Gasteiger partial charge in [0.2, 0.25) is 6.04 Å². The van der Waals surface area contributed by atoms with Crippen molar-refractivity contribution in [3.05, 3.63) is 10.1 Å². The van der Waals surface area contributed by atoms with Crippen molar-refractivity contribution in [1.29, 1.82) is 0 Å². The van der Waals surface area contributed by atoms with Gasteiger partial charge >= 0.3 is 17.9 Å². The van der Waals surface area contributed by atoms with Crippen LogP contribution in [0.25, 0.3) is 0 Å². The van der Waals surface area contributed by atoms with E-state index in [1.165, 1.54) is 0 Å². The Bertz CT molecular complexity index is 914. The van der Waals surface area contributed by atoms with Crippen LogP contribution < -0.4 is 0 Å². The molecule has 0 aromatic rings. The molecule has 6 unspecified atom stereocenters. The van der Waals surface area contributed by atoms with Crippen LogP contribution in [0, 0.1) is 33.8 Å². The van der Waals surface area contributed by atoms with Gasteiger partial charge in [-0.05, 0) is 83.0 Å². The average Bonchev–Trinajstić information content (AvgIpc) is 2.95. The number of carbonyl (C=O) groups excluding carboxylic acids is 1. The summed E-state index contributed by atoms with van der Waals surface area (Å²) in [5, 5.41) is 39.9. The summed E-state index contributed by atoms with van der Waals surface area (Å²) in [4.78, 5) is 57.7. The highest BCUT2D eigenvalue weighted by Crippen LogP contribution is 2.35. The minimum absolute atomic E-state index is 0.0404. The van der Waals surface area contributed by atoms with Crippen LogP contribution in [0.5, 0.6) is 0 Å². The van der Waals surface area contributed by atoms with Gasteiger partial charge in [0.05, 0.1) is 48.8 Å². The molecule has 0 saturated heterocycles. The second kappa shape index (κ2) is 14.7. The normalized spacial score (nSPS) is 38.1. The lowest BCUT2D eigenvalue weighted by Gasteiger charge is -2.35. The third-order valence-electron chi connectivity index (χ3n) is 9.42. The molecule has 4 fully saturated rings. The fourth-order valence-electron chi connectivity index (χ4n) is 6.91. The van der Waals surface area contributed by atoms with Crippen LogP contribution in [0.4, 0.5) is 0 Å². The summed E-state index contributed by atoms with van der Waals surface area (Å²) in [7, 11) is 0. The second-order valence-corrected chi connectivity index (χ2v) is 12.2. The van der Waals surface area contributed by atoms with Gasteiger partial charge in [-0.2, -0.15) is 0 Å². The van der Waals surface area contributed by atoms with E-state index < -0.39 is 52.7 Å². The Kier molecular flexibility index (Phi) is 11.3. The fourth-order valence-corrected chi connectivity index (χ4v) is 6.91. The minimum Gasteiger partial charge on any atom is -0.481 e. The molecule has 6 atom stereocenters. The van der Waals surface area contributed by atoms with Gasteiger partial charge in [-0.1, -0.05) is 0 Å². The first-order valence-electron chi connectivity index (χ1n) is 15.0. The van der Waals surface area contributed by atoms with E-state index in [1.807, 2.05) is 0 Å². The number of esters is 1. The number of hydrogen-bond donors (Lipinski definition) is 3. The maximum Gasteiger partial charge on any atom is 0.310 e. The Balaban J connectivity index is 1.12. The molecule has 0 aliphatic heterocycles. The van der Waals surface area contributed by atoms with Crippen molar-refractivity contribution in [2.45, 2.75) is 126 Å². The molecule has 41 heavy (non-hydrogen) atoms. The number of carboxylic acids is 2. The van der Waals surface area contributed by atoms with Gasteiger partial charge in [-0.25, -0.2) is 9.78 Å². The number of aliphatic hydroxyl groups is 1. The van der Waals surface area contributed by atoms with E-state index in [0.29, 0.717) is 38.5 Å². The number of ether oxygens (including phenoxy) is 2. The molecule has 232 valence electrons. The van der Waals surface area contributed by atoms with Gasteiger partial charge in [-0.3, -0.25) is 24.5 Å². The highest BCUT2D eigenvalue weighted by molar-refractivity contribution is 5.81. The third-order valence-corrected chi connectivity index (χ3v) is 9.42. The molecule has 0 aromatic carbocycles. The summed E-state index contributed by atoms with van der Waals surface area (Å²) < 4.78 is 12.0. The Morgan fingerprint density at radius 1 is 0.707 bits per heavy atom. The molecule has 13 nitrogen and oxygen atoms in total. The predicted molar refractivity (Wildman–Crippen MR) is 140 cm³/mol. The molecule has 0 aromatic heterocycles. The molecular formula is C28H43NO12. The quantitative estimate of drug-likeness (QED) is 0.139. The lowest BCUT2D eigenvalue weighted by Crippen LogP contribution is -2.42. The molecule has 4 aliphatic rings. The predicted octanol–water partition coefficient (Wildman–Crippen LogP) is 3.12. The molecule has 0 bridgehead atoms. The Morgan fingerprint density at radius 2 is 1.29 bits per heavy atom. The van der Waals surface area contributed by atoms with Crippen molar-refractivity contribution in [3.63, 3.8) is 0 Å². The number of nitrogens with zero attached hydrogens (tertiary/aromatic N) is 1. The van der Waals surface area contributed by atoms with E-state index in [2.05, 4.69) is 0 Å². The molecule has 0 heterocycles. The number of aliphatic carboxylic acids is 2. The van der Waals surface area contributed by atoms with Crippen LogP contribution >= 0.6 is 0 Å². The fraction of sp³-hybridized carbons (Fsp3) is 0.893. The first-order valence-corrected chi connectivity index (χ1v) is 15.0. The molecule has 4 saturated carbocycles. The van der Waals surface area contributed by atoms with Crippen molar-refractivity contribution < 1.29 is 53.9 Å². The number of carboxylic acid groups (broad SMARTS) is 2. The molecule has 4 aliphatic carbocycles. The summed E-state index contributed by atoms with van der Waals surface area (Å²) in [6.45, 7) is 0.196. The Hall–Kier alpha value is -2.35. The van der Waals surface area contributed by atoms with E-state index in [0.717, 1.165) is 25.7 Å². The summed E-state index contributed by atoms with van der Waals surface area (Å²) in [5.41, 5.74) is 0. The van der Waals surface area contributed by atoms with Crippen molar-refractivity contribution in [2.24, 2.45) is 23.7 Å². The smallest absolute Gasteiger partial charge is 0.310 e. The first-order chi connectivity index (χ1) is 19.6. The number of carbonyl (C=O) groups is 3. The van der Waals surface area contributed by atoms with Crippen molar-refractivity contribution in [2.75, 3.05) is 6.61 Å². The summed E-state index contributed by atoms with van der Waals surface area (Å²) in [6.07, 6.45) is 6.45. The monoisotopic (exact) mass is 585 g/mol. The molecule has 4 rings (SSSR count). The minimum atomic E-state index is -1.12. The summed E-state index contributed by atoms with van der Waals surface area (Å²) in [6, 6.07) is -0.921. The van der Waals surface area contributed by atoms with Gasteiger partial charge in [-0.15, -0.1) is 0 Å². The standard InChI is InChI=1S/C28H43NO12/c30-18-3-1-16(24(14-18)27(33)34)15-38-41-22-10-8-20(9-11-22)39-19-4-6-21(7-5-19)40-28(35)25-13-17(29(36)37)2-12-23(25)26(31)32/h16-25,30H,1-15H2,(H,31,32)(H,33,34). The van der Waals surface area contributed by atoms with Crippen LogP contribution in [0.2, 0.25) is 0 Å². The summed E-state index contributed by atoms with van der Waals surface area (Å²) >= 11 is 0.